The summed E-state index contributed by atoms with van der Waals surface area (Å²) >= 11 is 0. The number of aliphatic hydroxyl groups excluding tert-OH is 1. The molecule has 0 unspecified atom stereocenters. The Hall–Kier alpha value is -1.64. The Bertz CT molecular complexity index is 723. The Labute approximate surface area is 148 Å². The van der Waals surface area contributed by atoms with Crippen molar-refractivity contribution < 1.29 is 18.3 Å². The predicted molar refractivity (Wildman–Crippen MR) is 96.7 cm³/mol. The lowest BCUT2D eigenvalue weighted by atomic mass is 10.1. The molecule has 1 aromatic carbocycles. The van der Waals surface area contributed by atoms with Gasteiger partial charge in [0.25, 0.3) is 5.91 Å². The lowest BCUT2D eigenvalue weighted by Crippen LogP contribution is -2.42. The van der Waals surface area contributed by atoms with E-state index < -0.39 is 9.84 Å². The molecule has 2 aliphatic heterocycles. The summed E-state index contributed by atoms with van der Waals surface area (Å²) in [6.07, 6.45) is 0.725. The Morgan fingerprint density at radius 2 is 1.96 bits per heavy atom. The van der Waals surface area contributed by atoms with Crippen molar-refractivity contribution in [3.05, 3.63) is 29.8 Å². The van der Waals surface area contributed by atoms with Gasteiger partial charge in [-0.15, -0.1) is 0 Å². The van der Waals surface area contributed by atoms with Gasteiger partial charge in [-0.2, -0.15) is 0 Å². The number of likely N-dealkylation sites (tertiary alicyclic amines) is 1. The molecule has 0 aliphatic carbocycles. The van der Waals surface area contributed by atoms with Gasteiger partial charge in [-0.05, 0) is 25.6 Å². The van der Waals surface area contributed by atoms with Crippen LogP contribution in [0.25, 0.3) is 0 Å². The average Bonchev–Trinajstić information content (AvgIpc) is 2.94. The molecule has 2 heterocycles. The number of para-hydroxylation sites is 1. The Kier molecular flexibility index (Phi) is 5.31. The Morgan fingerprint density at radius 1 is 1.28 bits per heavy atom. The SMILES string of the molecule is CN1C[C@H](NC(=O)c2ccccc2N2CCS(=O)(=O)CC2)C[C@H]1CO. The molecule has 2 N–H and O–H groups in total. The van der Waals surface area contributed by atoms with E-state index in [4.69, 9.17) is 0 Å². The summed E-state index contributed by atoms with van der Waals surface area (Å²) in [5, 5.41) is 12.4. The first-order valence-electron chi connectivity index (χ1n) is 8.56. The number of hydrogen-bond acceptors (Lipinski definition) is 6. The van der Waals surface area contributed by atoms with Gasteiger partial charge in [0.1, 0.15) is 0 Å². The molecule has 1 aromatic rings. The first-order valence-corrected chi connectivity index (χ1v) is 10.4. The second-order valence-electron chi connectivity index (χ2n) is 6.84. The van der Waals surface area contributed by atoms with Gasteiger partial charge in [-0.1, -0.05) is 12.1 Å². The first-order chi connectivity index (χ1) is 11.9. The van der Waals surface area contributed by atoms with Crippen LogP contribution in [0.2, 0.25) is 0 Å². The first kappa shape index (κ1) is 18.2. The maximum atomic E-state index is 12.8. The summed E-state index contributed by atoms with van der Waals surface area (Å²) < 4.78 is 23.3. The van der Waals surface area contributed by atoms with Crippen LogP contribution in [0.1, 0.15) is 16.8 Å². The second-order valence-corrected chi connectivity index (χ2v) is 9.14. The molecule has 2 atom stereocenters. The molecule has 2 aliphatic rings. The molecular weight excluding hydrogens is 342 g/mol. The van der Waals surface area contributed by atoms with Crippen LogP contribution in [-0.4, -0.2) is 81.2 Å². The summed E-state index contributed by atoms with van der Waals surface area (Å²) in [5.74, 6) is 0.0874. The summed E-state index contributed by atoms with van der Waals surface area (Å²) in [6.45, 7) is 1.61. The molecule has 0 bridgehead atoms. The smallest absolute Gasteiger partial charge is 0.253 e. The van der Waals surface area contributed by atoms with Crippen LogP contribution in [-0.2, 0) is 9.84 Å². The van der Waals surface area contributed by atoms with E-state index in [-0.39, 0.29) is 36.1 Å². The molecule has 2 fully saturated rings. The number of sulfone groups is 1. The monoisotopic (exact) mass is 367 g/mol. The van der Waals surface area contributed by atoms with Gasteiger partial charge in [0.15, 0.2) is 9.84 Å². The number of aliphatic hydroxyl groups is 1. The average molecular weight is 367 g/mol. The molecule has 138 valence electrons. The molecular formula is C17H25N3O4S. The quantitative estimate of drug-likeness (QED) is 0.761. The number of carbonyl (C=O) groups is 1. The van der Waals surface area contributed by atoms with Crippen LogP contribution in [0, 0.1) is 0 Å². The zero-order valence-corrected chi connectivity index (χ0v) is 15.2. The van der Waals surface area contributed by atoms with Crippen molar-refractivity contribution in [1.82, 2.24) is 10.2 Å². The number of likely N-dealkylation sites (N-methyl/N-ethyl adjacent to an activating group) is 1. The third kappa shape index (κ3) is 4.13. The molecule has 0 aromatic heterocycles. The Balaban J connectivity index is 1.71. The highest BCUT2D eigenvalue weighted by molar-refractivity contribution is 7.91. The maximum absolute atomic E-state index is 12.8. The zero-order chi connectivity index (χ0) is 18.0. The molecule has 25 heavy (non-hydrogen) atoms. The van der Waals surface area contributed by atoms with Gasteiger partial charge < -0.3 is 15.3 Å². The fourth-order valence-corrected chi connectivity index (χ4v) is 4.76. The number of carbonyl (C=O) groups excluding carboxylic acids is 1. The highest BCUT2D eigenvalue weighted by Crippen LogP contribution is 2.23. The molecule has 3 rings (SSSR count). The molecule has 0 saturated carbocycles. The largest absolute Gasteiger partial charge is 0.395 e. The number of nitrogens with one attached hydrogen (secondary N) is 1. The van der Waals surface area contributed by atoms with E-state index in [1.54, 1.807) is 6.07 Å². The van der Waals surface area contributed by atoms with Crippen LogP contribution in [0.4, 0.5) is 5.69 Å². The number of rotatable bonds is 4. The summed E-state index contributed by atoms with van der Waals surface area (Å²) in [4.78, 5) is 16.8. The highest BCUT2D eigenvalue weighted by Gasteiger charge is 2.31. The van der Waals surface area contributed by atoms with Crippen molar-refractivity contribution in [2.75, 3.05) is 49.7 Å². The molecule has 8 heteroatoms. The van der Waals surface area contributed by atoms with Gasteiger partial charge in [-0.25, -0.2) is 8.42 Å². The van der Waals surface area contributed by atoms with Crippen LogP contribution < -0.4 is 10.2 Å². The van der Waals surface area contributed by atoms with Crippen molar-refractivity contribution in [3.63, 3.8) is 0 Å². The number of nitrogens with zero attached hydrogens (tertiary/aromatic N) is 2. The lowest BCUT2D eigenvalue weighted by Gasteiger charge is -2.30. The van der Waals surface area contributed by atoms with Crippen LogP contribution in [0.5, 0.6) is 0 Å². The summed E-state index contributed by atoms with van der Waals surface area (Å²) in [5.41, 5.74) is 1.34. The van der Waals surface area contributed by atoms with E-state index in [0.29, 0.717) is 25.2 Å². The minimum Gasteiger partial charge on any atom is -0.395 e. The van der Waals surface area contributed by atoms with Crippen molar-refractivity contribution in [3.8, 4) is 0 Å². The normalized spacial score (nSPS) is 26.6. The molecule has 7 nitrogen and oxygen atoms in total. The predicted octanol–water partition coefficient (Wildman–Crippen LogP) is -0.284. The zero-order valence-electron chi connectivity index (χ0n) is 14.4. The second kappa shape index (κ2) is 7.31. The van der Waals surface area contributed by atoms with E-state index in [1.165, 1.54) is 0 Å². The summed E-state index contributed by atoms with van der Waals surface area (Å²) in [6, 6.07) is 7.40. The van der Waals surface area contributed by atoms with Gasteiger partial charge in [0, 0.05) is 37.4 Å². The maximum Gasteiger partial charge on any atom is 0.253 e. The van der Waals surface area contributed by atoms with Crippen LogP contribution in [0.3, 0.4) is 0 Å². The topological polar surface area (TPSA) is 90.0 Å². The van der Waals surface area contributed by atoms with E-state index in [2.05, 4.69) is 5.32 Å². The number of hydrogen-bond donors (Lipinski definition) is 2. The van der Waals surface area contributed by atoms with Gasteiger partial charge in [-0.3, -0.25) is 9.69 Å². The van der Waals surface area contributed by atoms with Crippen molar-refractivity contribution in [1.29, 1.82) is 0 Å². The van der Waals surface area contributed by atoms with Crippen LogP contribution in [0.15, 0.2) is 24.3 Å². The van der Waals surface area contributed by atoms with E-state index in [9.17, 15) is 18.3 Å². The standard InChI is InChI=1S/C17H25N3O4S/c1-19-11-13(10-14(19)12-21)18-17(22)15-4-2-3-5-16(15)20-6-8-25(23,24)9-7-20/h2-5,13-14,21H,6-12H2,1H3,(H,18,22)/t13-,14+/m1/s1. The molecule has 2 saturated heterocycles. The van der Waals surface area contributed by atoms with E-state index in [1.807, 2.05) is 35.0 Å². The van der Waals surface area contributed by atoms with E-state index in [0.717, 1.165) is 12.1 Å². The van der Waals surface area contributed by atoms with Crippen molar-refractivity contribution >= 4 is 21.4 Å². The van der Waals surface area contributed by atoms with Gasteiger partial charge >= 0.3 is 0 Å². The Morgan fingerprint density at radius 3 is 2.60 bits per heavy atom. The molecule has 1 amide bonds. The third-order valence-corrected chi connectivity index (χ3v) is 6.68. The molecule has 0 radical (unpaired) electrons. The minimum atomic E-state index is -2.96. The number of benzene rings is 1. The van der Waals surface area contributed by atoms with Crippen molar-refractivity contribution in [2.45, 2.75) is 18.5 Å². The number of anilines is 1. The summed E-state index contributed by atoms with van der Waals surface area (Å²) in [7, 11) is -1.02. The van der Waals surface area contributed by atoms with Crippen LogP contribution >= 0.6 is 0 Å². The van der Waals surface area contributed by atoms with Crippen molar-refractivity contribution in [2.24, 2.45) is 0 Å². The van der Waals surface area contributed by atoms with E-state index >= 15 is 0 Å². The fourth-order valence-electron chi connectivity index (χ4n) is 3.56. The minimum absolute atomic E-state index is 0.00411. The lowest BCUT2D eigenvalue weighted by molar-refractivity contribution is 0.0938. The van der Waals surface area contributed by atoms with Gasteiger partial charge in [0.2, 0.25) is 0 Å². The van der Waals surface area contributed by atoms with Gasteiger partial charge in [0.05, 0.1) is 23.7 Å². The molecule has 0 spiro atoms. The highest BCUT2D eigenvalue weighted by atomic mass is 32.2. The number of amides is 1. The fraction of sp³-hybridized carbons (Fsp3) is 0.588. The third-order valence-electron chi connectivity index (χ3n) is 5.07.